The average Bonchev–Trinajstić information content (AvgIpc) is 2.33. The highest BCUT2D eigenvalue weighted by Gasteiger charge is 1.88. The van der Waals surface area contributed by atoms with E-state index in [0.29, 0.717) is 0 Å². The highest BCUT2D eigenvalue weighted by atomic mass is 14.6. The zero-order valence-electron chi connectivity index (χ0n) is 4.81. The molecule has 1 nitrogen and oxygen atoms in total. The number of aromatic amines is 1. The molecule has 0 aliphatic heterocycles. The Kier molecular flexibility index (Phi) is 0.833. The molecule has 2 radical (unpaired) electrons. The van der Waals surface area contributed by atoms with Crippen LogP contribution in [0.15, 0.2) is 24.4 Å². The van der Waals surface area contributed by atoms with Crippen LogP contribution in [0.25, 0.3) is 10.9 Å². The SMILES string of the molecule is [c]1cccc2[nH]c[c]c12. The Balaban J connectivity index is 2.95. The Labute approximate surface area is 53.3 Å². The first-order chi connectivity index (χ1) is 4.47. The Morgan fingerprint density at radius 3 is 3.22 bits per heavy atom. The second-order valence-corrected chi connectivity index (χ2v) is 1.89. The lowest BCUT2D eigenvalue weighted by Crippen LogP contribution is -1.62. The van der Waals surface area contributed by atoms with E-state index >= 15 is 0 Å². The predicted octanol–water partition coefficient (Wildman–Crippen LogP) is 1.77. The van der Waals surface area contributed by atoms with Crippen LogP contribution in [-0.4, -0.2) is 4.98 Å². The van der Waals surface area contributed by atoms with E-state index in [1.165, 1.54) is 0 Å². The first-order valence-electron chi connectivity index (χ1n) is 2.82. The molecule has 0 bridgehead atoms. The van der Waals surface area contributed by atoms with E-state index < -0.39 is 0 Å². The summed E-state index contributed by atoms with van der Waals surface area (Å²) in [6.45, 7) is 0. The Hall–Kier alpha value is -1.24. The summed E-state index contributed by atoms with van der Waals surface area (Å²) in [5, 5.41) is 1.03. The largest absolute Gasteiger partial charge is 0.361 e. The van der Waals surface area contributed by atoms with Gasteiger partial charge in [0.15, 0.2) is 0 Å². The molecule has 0 aliphatic rings. The molecule has 0 amide bonds. The van der Waals surface area contributed by atoms with E-state index in [9.17, 15) is 0 Å². The lowest BCUT2D eigenvalue weighted by molar-refractivity contribution is 1.47. The molecule has 0 saturated heterocycles. The number of fused-ring (bicyclic) bond motifs is 1. The molecule has 0 atom stereocenters. The lowest BCUT2D eigenvalue weighted by atomic mass is 10.3. The van der Waals surface area contributed by atoms with Crippen molar-refractivity contribution < 1.29 is 0 Å². The number of hydrogen-bond donors (Lipinski definition) is 1. The smallest absolute Gasteiger partial charge is 0.0466 e. The first-order valence-corrected chi connectivity index (χ1v) is 2.82. The van der Waals surface area contributed by atoms with Gasteiger partial charge in [-0.3, -0.25) is 0 Å². The number of aromatic nitrogens is 1. The molecule has 2 rings (SSSR count). The third kappa shape index (κ3) is 0.617. The topological polar surface area (TPSA) is 15.8 Å². The van der Waals surface area contributed by atoms with Crippen molar-refractivity contribution in [2.24, 2.45) is 0 Å². The highest BCUT2D eigenvalue weighted by Crippen LogP contribution is 2.07. The third-order valence-electron chi connectivity index (χ3n) is 1.30. The summed E-state index contributed by atoms with van der Waals surface area (Å²) in [4.78, 5) is 3.03. The van der Waals surface area contributed by atoms with Gasteiger partial charge in [0.2, 0.25) is 0 Å². The molecule has 0 spiro atoms. The van der Waals surface area contributed by atoms with E-state index in [1.54, 1.807) is 6.20 Å². The van der Waals surface area contributed by atoms with Crippen LogP contribution in [0.1, 0.15) is 0 Å². The Morgan fingerprint density at radius 1 is 1.33 bits per heavy atom. The van der Waals surface area contributed by atoms with Gasteiger partial charge in [-0.25, -0.2) is 0 Å². The fourth-order valence-electron chi connectivity index (χ4n) is 0.863. The molecular formula is C8H5N. The summed E-state index contributed by atoms with van der Waals surface area (Å²) in [5.74, 6) is 0. The van der Waals surface area contributed by atoms with Crippen LogP contribution in [0.3, 0.4) is 0 Å². The van der Waals surface area contributed by atoms with E-state index in [0.717, 1.165) is 10.9 Å². The summed E-state index contributed by atoms with van der Waals surface area (Å²) < 4.78 is 0. The van der Waals surface area contributed by atoms with E-state index in [1.807, 2.05) is 18.2 Å². The number of rotatable bonds is 0. The van der Waals surface area contributed by atoms with E-state index in [4.69, 9.17) is 0 Å². The first kappa shape index (κ1) is 4.62. The Morgan fingerprint density at radius 2 is 2.33 bits per heavy atom. The Bertz CT molecular complexity index is 279. The summed E-state index contributed by atoms with van der Waals surface area (Å²) in [7, 11) is 0. The van der Waals surface area contributed by atoms with Crippen molar-refractivity contribution in [1.29, 1.82) is 0 Å². The zero-order valence-corrected chi connectivity index (χ0v) is 4.81. The van der Waals surface area contributed by atoms with E-state index in [2.05, 4.69) is 17.1 Å². The predicted molar refractivity (Wildman–Crippen MR) is 36.0 cm³/mol. The lowest BCUT2D eigenvalue weighted by Gasteiger charge is -1.82. The normalized spacial score (nSPS) is 10.2. The summed E-state index contributed by atoms with van der Waals surface area (Å²) in [5.41, 5.74) is 1.09. The van der Waals surface area contributed by atoms with Crippen LogP contribution >= 0.6 is 0 Å². The molecule has 1 heterocycles. The summed E-state index contributed by atoms with van der Waals surface area (Å²) in [6.07, 6.45) is 1.79. The maximum atomic E-state index is 3.04. The molecule has 0 saturated carbocycles. The van der Waals surface area contributed by atoms with Gasteiger partial charge in [0, 0.05) is 23.2 Å². The van der Waals surface area contributed by atoms with Gasteiger partial charge in [0.05, 0.1) is 0 Å². The van der Waals surface area contributed by atoms with Crippen LogP contribution in [0.2, 0.25) is 0 Å². The van der Waals surface area contributed by atoms with E-state index in [-0.39, 0.29) is 0 Å². The third-order valence-corrected chi connectivity index (χ3v) is 1.30. The van der Waals surface area contributed by atoms with Crippen LogP contribution in [0, 0.1) is 12.1 Å². The number of benzene rings is 1. The van der Waals surface area contributed by atoms with Crippen molar-refractivity contribution in [2.75, 3.05) is 0 Å². The molecular weight excluding hydrogens is 110 g/mol. The van der Waals surface area contributed by atoms with Gasteiger partial charge in [-0.1, -0.05) is 12.1 Å². The molecule has 0 unspecified atom stereocenters. The van der Waals surface area contributed by atoms with Crippen molar-refractivity contribution in [3.8, 4) is 0 Å². The fourth-order valence-corrected chi connectivity index (χ4v) is 0.863. The van der Waals surface area contributed by atoms with Gasteiger partial charge in [-0.15, -0.1) is 0 Å². The van der Waals surface area contributed by atoms with Gasteiger partial charge in [-0.05, 0) is 12.1 Å². The van der Waals surface area contributed by atoms with Crippen LogP contribution in [-0.2, 0) is 0 Å². The zero-order chi connectivity index (χ0) is 6.10. The second-order valence-electron chi connectivity index (χ2n) is 1.89. The van der Waals surface area contributed by atoms with Gasteiger partial charge >= 0.3 is 0 Å². The van der Waals surface area contributed by atoms with Crippen LogP contribution in [0.4, 0.5) is 0 Å². The standard InChI is InChI=1S/C8H5N/c1-2-4-8-7(3-1)5-6-9-8/h1-2,4,6,9H. The van der Waals surface area contributed by atoms with Gasteiger partial charge < -0.3 is 4.98 Å². The van der Waals surface area contributed by atoms with Gasteiger partial charge in [0.25, 0.3) is 0 Å². The second kappa shape index (κ2) is 1.62. The molecule has 0 fully saturated rings. The number of hydrogen-bond acceptors (Lipinski definition) is 0. The monoisotopic (exact) mass is 115 g/mol. The summed E-state index contributed by atoms with van der Waals surface area (Å²) in [6, 6.07) is 11.9. The quantitative estimate of drug-likeness (QED) is 0.538. The van der Waals surface area contributed by atoms with Crippen molar-refractivity contribution in [2.45, 2.75) is 0 Å². The van der Waals surface area contributed by atoms with Crippen LogP contribution in [0.5, 0.6) is 0 Å². The van der Waals surface area contributed by atoms with Crippen molar-refractivity contribution in [3.05, 3.63) is 36.5 Å². The fraction of sp³-hybridized carbons (Fsp3) is 0. The van der Waals surface area contributed by atoms with Crippen molar-refractivity contribution >= 4 is 10.9 Å². The average molecular weight is 115 g/mol. The minimum atomic E-state index is 1.03. The molecule has 0 aliphatic carbocycles. The molecule has 42 valence electrons. The van der Waals surface area contributed by atoms with Crippen molar-refractivity contribution in [3.63, 3.8) is 0 Å². The number of nitrogens with one attached hydrogen (secondary N) is 1. The molecule has 9 heavy (non-hydrogen) atoms. The van der Waals surface area contributed by atoms with Gasteiger partial charge in [-0.2, -0.15) is 0 Å². The minimum absolute atomic E-state index is 1.03. The van der Waals surface area contributed by atoms with Gasteiger partial charge in [0.1, 0.15) is 0 Å². The molecule has 1 heteroatoms. The van der Waals surface area contributed by atoms with Crippen LogP contribution < -0.4 is 0 Å². The maximum absolute atomic E-state index is 3.04. The molecule has 1 N–H and O–H groups in total. The molecule has 1 aromatic heterocycles. The maximum Gasteiger partial charge on any atom is 0.0466 e. The summed E-state index contributed by atoms with van der Waals surface area (Å²) >= 11 is 0. The molecule has 1 aromatic carbocycles. The molecule has 2 aromatic rings. The highest BCUT2D eigenvalue weighted by molar-refractivity contribution is 5.77. The van der Waals surface area contributed by atoms with Crippen molar-refractivity contribution in [1.82, 2.24) is 4.98 Å². The number of H-pyrrole nitrogens is 1. The minimum Gasteiger partial charge on any atom is -0.361 e.